The van der Waals surface area contributed by atoms with E-state index in [4.69, 9.17) is 9.72 Å². The van der Waals surface area contributed by atoms with Crippen LogP contribution in [0.4, 0.5) is 51.5 Å². The number of thiazole rings is 1. The van der Waals surface area contributed by atoms with Crippen molar-refractivity contribution in [1.29, 1.82) is 0 Å². The maximum absolute atomic E-state index is 13.2. The van der Waals surface area contributed by atoms with Crippen LogP contribution in [0.1, 0.15) is 55.0 Å². The number of amides is 4. The van der Waals surface area contributed by atoms with Crippen LogP contribution in [0.15, 0.2) is 173 Å². The Morgan fingerprint density at radius 2 is 1.32 bits per heavy atom. The minimum absolute atomic E-state index is 0.150. The van der Waals surface area contributed by atoms with Crippen molar-refractivity contribution in [2.75, 3.05) is 66.1 Å². The highest BCUT2D eigenvalue weighted by molar-refractivity contribution is 9.11. The van der Waals surface area contributed by atoms with Crippen molar-refractivity contribution < 1.29 is 32.3 Å². The molecule has 4 aromatic heterocycles. The summed E-state index contributed by atoms with van der Waals surface area (Å²) in [6.07, 6.45) is 7.22. The Labute approximate surface area is 504 Å². The molecule has 0 unspecified atom stereocenters. The number of urea groups is 1. The second-order valence-electron chi connectivity index (χ2n) is 19.4. The number of halogens is 5. The number of anilines is 6. The minimum Gasteiger partial charge on any atom is -0.379 e. The molecule has 0 bridgehead atoms. The molecule has 4 amide bonds. The number of nitrogens with one attached hydrogen (secondary N) is 7. The van der Waals surface area contributed by atoms with Gasteiger partial charge in [-0.2, -0.15) is 23.1 Å². The van der Waals surface area contributed by atoms with Crippen LogP contribution in [0.25, 0.3) is 22.4 Å². The zero-order valence-electron chi connectivity index (χ0n) is 45.6. The Kier molecular flexibility index (Phi) is 20.7. The van der Waals surface area contributed by atoms with Crippen LogP contribution in [-0.2, 0) is 24.0 Å². The summed E-state index contributed by atoms with van der Waals surface area (Å²) in [5, 5.41) is 25.1. The van der Waals surface area contributed by atoms with Gasteiger partial charge in [0.1, 0.15) is 0 Å². The van der Waals surface area contributed by atoms with E-state index in [0.717, 1.165) is 128 Å². The predicted molar refractivity (Wildman–Crippen MR) is 331 cm³/mol. The van der Waals surface area contributed by atoms with E-state index in [1.165, 1.54) is 23.5 Å². The first-order valence-electron chi connectivity index (χ1n) is 26.6. The molecule has 0 aliphatic carbocycles. The molecule has 1 fully saturated rings. The molecule has 5 aromatic carbocycles. The average Bonchev–Trinajstić information content (AvgIpc) is 4.35. The topological polar surface area (TPSA) is 204 Å². The maximum atomic E-state index is 13.2. The van der Waals surface area contributed by atoms with Gasteiger partial charge in [0.15, 0.2) is 5.13 Å². The molecule has 23 heteroatoms. The summed E-state index contributed by atoms with van der Waals surface area (Å²) in [5.41, 5.74) is 14.1. The summed E-state index contributed by atoms with van der Waals surface area (Å²) in [5.74, 6) is -0.494. The zero-order valence-corrected chi connectivity index (χ0v) is 49.6. The van der Waals surface area contributed by atoms with Crippen LogP contribution in [0.2, 0.25) is 0 Å². The van der Waals surface area contributed by atoms with Gasteiger partial charge in [0.2, 0.25) is 0 Å². The molecule has 1 saturated heterocycles. The molecule has 7 N–H and O–H groups in total. The fourth-order valence-corrected chi connectivity index (χ4v) is 10.8. The number of hydrogen-bond donors (Lipinski definition) is 7. The Bertz CT molecular complexity index is 3660. The largest absolute Gasteiger partial charge is 0.416 e. The maximum Gasteiger partial charge on any atom is 0.416 e. The number of benzene rings is 5. The quantitative estimate of drug-likeness (QED) is 0.0378. The third-order valence-electron chi connectivity index (χ3n) is 13.3. The molecule has 0 saturated carbocycles. The van der Waals surface area contributed by atoms with Crippen LogP contribution in [0, 0.1) is 13.8 Å². The van der Waals surface area contributed by atoms with E-state index in [1.54, 1.807) is 66.1 Å². The van der Waals surface area contributed by atoms with E-state index in [1.807, 2.05) is 92.2 Å². The number of nitrogens with zero attached hydrogens (tertiary/aromatic N) is 6. The summed E-state index contributed by atoms with van der Waals surface area (Å²) < 4.78 is 45.3. The molecular weight excluding hydrogens is 1230 g/mol. The highest BCUT2D eigenvalue weighted by Gasteiger charge is 2.30. The van der Waals surface area contributed by atoms with Gasteiger partial charge < -0.3 is 36.6 Å². The Morgan fingerprint density at radius 1 is 0.690 bits per heavy atom. The van der Waals surface area contributed by atoms with Crippen molar-refractivity contribution in [2.45, 2.75) is 39.5 Å². The molecule has 0 radical (unpaired) electrons. The Morgan fingerprint density at radius 3 is 1.98 bits per heavy atom. The molecule has 432 valence electrons. The average molecular weight is 1290 g/mol. The molecule has 17 nitrogen and oxygen atoms in total. The first kappa shape index (κ1) is 60.3. The first-order valence-corrected chi connectivity index (χ1v) is 29.1. The second-order valence-corrected chi connectivity index (χ2v) is 21.9. The summed E-state index contributed by atoms with van der Waals surface area (Å²) in [4.78, 5) is 55.3. The molecule has 84 heavy (non-hydrogen) atoms. The first-order chi connectivity index (χ1) is 40.6. The number of pyridine rings is 2. The van der Waals surface area contributed by atoms with Crippen LogP contribution >= 0.6 is 43.2 Å². The van der Waals surface area contributed by atoms with E-state index in [-0.39, 0.29) is 24.0 Å². The molecule has 0 atom stereocenters. The van der Waals surface area contributed by atoms with Gasteiger partial charge in [-0.1, -0.05) is 62.2 Å². The van der Waals surface area contributed by atoms with Crippen LogP contribution < -0.4 is 37.3 Å². The van der Waals surface area contributed by atoms with Crippen molar-refractivity contribution in [1.82, 2.24) is 40.4 Å². The van der Waals surface area contributed by atoms with Gasteiger partial charge in [0.25, 0.3) is 11.8 Å². The second kappa shape index (κ2) is 28.8. The number of alkyl halides is 3. The Hall–Kier alpha value is -8.32. The molecule has 0 spiro atoms. The summed E-state index contributed by atoms with van der Waals surface area (Å²) in [7, 11) is 0. The third kappa shape index (κ3) is 17.1. The Balaban J connectivity index is 0.000000202. The number of morpholine rings is 1. The molecule has 1 aliphatic rings. The van der Waals surface area contributed by atoms with Crippen molar-refractivity contribution in [3.8, 4) is 22.4 Å². The van der Waals surface area contributed by atoms with Crippen molar-refractivity contribution in [3.05, 3.63) is 212 Å². The minimum atomic E-state index is -4.45. The van der Waals surface area contributed by atoms with Gasteiger partial charge in [-0.3, -0.25) is 29.9 Å². The number of rotatable bonds is 19. The fourth-order valence-electron chi connectivity index (χ4n) is 8.59. The van der Waals surface area contributed by atoms with Crippen molar-refractivity contribution >= 4 is 94.6 Å². The number of ether oxygens (including phenoxy) is 1. The van der Waals surface area contributed by atoms with E-state index in [2.05, 4.69) is 89.2 Å². The van der Waals surface area contributed by atoms with Gasteiger partial charge in [0, 0.05) is 116 Å². The molecular formula is C61H58Br2F3N13O4S. The standard InChI is InChI=1S/C31H26F3N7O2.C30H32Br2N6O2S/c1-20-4-11-27(15-28(20)40-41-19-24(18-37-41)23-3-2-14-35-17-23)38-29(42)22-7-5-21(6-8-22)16-36-30(43)39-26-12-9-25(10-13-26)31(32,33)34;1-20-5-6-23(16-27(20)36-30-37-28(19-41-30)21-4-2-7-33-17-21)35-29(39)22-14-25(31)24(26(32)15-22)18-34-8-3-9-38-10-12-40-13-11-38/h2-15,17-19,40H,16H2,1H3,(H,38,42)(H2,36,39,43);2,4-7,14-17,19,34H,3,8-13,18H2,1H3,(H,35,39)(H,36,37). The number of hydrogen-bond acceptors (Lipinski definition) is 13. The SMILES string of the molecule is Cc1ccc(NC(=O)c2cc(Br)c(CNCCCN3CCOCC3)c(Br)c2)cc1Nc1nc(-c2cccnc2)cs1.Cc1ccc(NC(=O)c2ccc(CNC(=O)Nc3ccc(C(F)(F)F)cc3)cc2)cc1Nn1cc(-c2cccnc2)cn1. The third-order valence-corrected chi connectivity index (χ3v) is 15.5. The fraction of sp³-hybridized carbons (Fsp3) is 0.197. The monoisotopic (exact) mass is 1280 g/mol. The van der Waals surface area contributed by atoms with Crippen LogP contribution in [0.5, 0.6) is 0 Å². The lowest BCUT2D eigenvalue weighted by Crippen LogP contribution is -2.37. The van der Waals surface area contributed by atoms with E-state index < -0.39 is 17.8 Å². The van der Waals surface area contributed by atoms with Gasteiger partial charge in [0.05, 0.1) is 42.6 Å². The number of carbonyl (C=O) groups excluding carboxylic acids is 3. The van der Waals surface area contributed by atoms with Crippen molar-refractivity contribution in [2.24, 2.45) is 0 Å². The van der Waals surface area contributed by atoms with Gasteiger partial charge in [-0.25, -0.2) is 9.78 Å². The van der Waals surface area contributed by atoms with Crippen LogP contribution in [-0.4, -0.2) is 87.0 Å². The van der Waals surface area contributed by atoms with Crippen LogP contribution in [0.3, 0.4) is 0 Å². The van der Waals surface area contributed by atoms with E-state index in [9.17, 15) is 27.6 Å². The van der Waals surface area contributed by atoms with Gasteiger partial charge in [-0.15, -0.1) is 11.3 Å². The number of aromatic nitrogens is 5. The summed E-state index contributed by atoms with van der Waals surface area (Å²) in [6, 6.07) is 33.0. The lowest BCUT2D eigenvalue weighted by Gasteiger charge is -2.26. The zero-order chi connectivity index (χ0) is 59.0. The van der Waals surface area contributed by atoms with Gasteiger partial charge in [-0.05, 0) is 147 Å². The molecule has 5 heterocycles. The van der Waals surface area contributed by atoms with E-state index >= 15 is 0 Å². The smallest absolute Gasteiger partial charge is 0.379 e. The highest BCUT2D eigenvalue weighted by atomic mass is 79.9. The number of carbonyl (C=O) groups is 3. The molecule has 1 aliphatic heterocycles. The lowest BCUT2D eigenvalue weighted by atomic mass is 10.1. The summed E-state index contributed by atoms with van der Waals surface area (Å²) >= 11 is 8.86. The van der Waals surface area contributed by atoms with Crippen molar-refractivity contribution in [3.63, 3.8) is 0 Å². The molecule has 10 rings (SSSR count). The number of aryl methyl sites for hydroxylation is 2. The van der Waals surface area contributed by atoms with Gasteiger partial charge >= 0.3 is 12.2 Å². The normalized spacial score (nSPS) is 12.4. The molecule has 9 aromatic rings. The highest BCUT2D eigenvalue weighted by Crippen LogP contribution is 2.33. The van der Waals surface area contributed by atoms with E-state index in [0.29, 0.717) is 29.0 Å². The predicted octanol–water partition coefficient (Wildman–Crippen LogP) is 13.6. The lowest BCUT2D eigenvalue weighted by molar-refractivity contribution is -0.137. The summed E-state index contributed by atoms with van der Waals surface area (Å²) in [6.45, 7) is 10.5.